The van der Waals surface area contributed by atoms with Crippen LogP contribution in [0.25, 0.3) is 5.57 Å². The molecule has 0 amide bonds. The quantitative estimate of drug-likeness (QED) is 0.837. The zero-order valence-corrected chi connectivity index (χ0v) is 11.4. The van der Waals surface area contributed by atoms with Crippen LogP contribution in [0.15, 0.2) is 48.1 Å². The maximum Gasteiger partial charge on any atom is 0.160 e. The van der Waals surface area contributed by atoms with Crippen molar-refractivity contribution in [1.29, 1.82) is 0 Å². The molecule has 1 aromatic rings. The first-order chi connectivity index (χ1) is 9.15. The minimum Gasteiger partial charge on any atom is -0.377 e. The maximum atomic E-state index is 11.9. The number of halogens is 1. The molecule has 1 unspecified atom stereocenters. The second kappa shape index (κ2) is 4.71. The number of hydrogen-bond acceptors (Lipinski definition) is 2. The number of Topliss-reactive ketones (excluding diaryl/α,β-unsaturated/α-hetero) is 1. The number of rotatable bonds is 1. The number of nitrogens with one attached hydrogen (secondary N) is 1. The zero-order chi connectivity index (χ0) is 13.4. The lowest BCUT2D eigenvalue weighted by Crippen LogP contribution is -2.21. The van der Waals surface area contributed by atoms with E-state index >= 15 is 0 Å². The molecule has 0 bridgehead atoms. The molecule has 96 valence electrons. The molecule has 2 aliphatic rings. The number of hydrogen-bond donors (Lipinski definition) is 1. The Kier molecular flexibility index (Phi) is 3.03. The summed E-state index contributed by atoms with van der Waals surface area (Å²) in [4.78, 5) is 11.9. The topological polar surface area (TPSA) is 29.1 Å². The lowest BCUT2D eigenvalue weighted by molar-refractivity contribution is -0.111. The first-order valence-electron chi connectivity index (χ1n) is 6.31. The number of carbonyl (C=O) groups is 1. The highest BCUT2D eigenvalue weighted by Gasteiger charge is 2.23. The van der Waals surface area contributed by atoms with Gasteiger partial charge in [0.05, 0.1) is 6.04 Å². The van der Waals surface area contributed by atoms with Gasteiger partial charge in [0.15, 0.2) is 5.78 Å². The standard InChI is InChI=1S/C16H14ClNO/c1-10(19)13-8-11-4-2-3-5-15(11)18-16-7-6-12(17)9-14(13)16/h2-4,6-9,15,18H,5H2,1H3. The second-order valence-electron chi connectivity index (χ2n) is 4.83. The van der Waals surface area contributed by atoms with Crippen LogP contribution in [0.2, 0.25) is 5.02 Å². The zero-order valence-electron chi connectivity index (χ0n) is 10.6. The van der Waals surface area contributed by atoms with E-state index in [2.05, 4.69) is 17.5 Å². The molecule has 1 N–H and O–H groups in total. The van der Waals surface area contributed by atoms with Gasteiger partial charge < -0.3 is 5.32 Å². The number of carbonyl (C=O) groups excluding carboxylic acids is 1. The van der Waals surface area contributed by atoms with Crippen molar-refractivity contribution in [1.82, 2.24) is 0 Å². The van der Waals surface area contributed by atoms with Crippen molar-refractivity contribution in [3.05, 3.63) is 58.7 Å². The van der Waals surface area contributed by atoms with E-state index in [4.69, 9.17) is 11.6 Å². The Hall–Kier alpha value is -1.80. The van der Waals surface area contributed by atoms with Crippen LogP contribution in [0, 0.1) is 0 Å². The van der Waals surface area contributed by atoms with Gasteiger partial charge in [0.1, 0.15) is 0 Å². The molecule has 0 saturated heterocycles. The number of allylic oxidation sites excluding steroid dienone is 3. The molecule has 2 nitrogen and oxygen atoms in total. The summed E-state index contributed by atoms with van der Waals surface area (Å²) < 4.78 is 0. The number of ketones is 1. The third-order valence-electron chi connectivity index (χ3n) is 3.49. The summed E-state index contributed by atoms with van der Waals surface area (Å²) in [5.74, 6) is 0.0569. The number of fused-ring (bicyclic) bond motifs is 2. The molecular weight excluding hydrogens is 258 g/mol. The van der Waals surface area contributed by atoms with Gasteiger partial charge in [-0.3, -0.25) is 4.79 Å². The molecule has 1 aliphatic heterocycles. The van der Waals surface area contributed by atoms with Crippen molar-refractivity contribution in [3.8, 4) is 0 Å². The Morgan fingerprint density at radius 1 is 1.42 bits per heavy atom. The van der Waals surface area contributed by atoms with E-state index in [1.54, 1.807) is 6.92 Å². The molecule has 1 heterocycles. The highest BCUT2D eigenvalue weighted by molar-refractivity contribution is 6.31. The van der Waals surface area contributed by atoms with E-state index in [9.17, 15) is 4.79 Å². The van der Waals surface area contributed by atoms with E-state index in [1.807, 2.05) is 30.4 Å². The van der Waals surface area contributed by atoms with Gasteiger partial charge in [0.2, 0.25) is 0 Å². The van der Waals surface area contributed by atoms with Crippen molar-refractivity contribution < 1.29 is 4.79 Å². The van der Waals surface area contributed by atoms with Crippen molar-refractivity contribution >= 4 is 28.6 Å². The fraction of sp³-hybridized carbons (Fsp3) is 0.188. The van der Waals surface area contributed by atoms with Crippen molar-refractivity contribution in [3.63, 3.8) is 0 Å². The third kappa shape index (κ3) is 2.24. The first kappa shape index (κ1) is 12.2. The van der Waals surface area contributed by atoms with Crippen molar-refractivity contribution in [2.45, 2.75) is 19.4 Å². The molecule has 3 rings (SSSR count). The summed E-state index contributed by atoms with van der Waals surface area (Å²) in [6.07, 6.45) is 9.12. The average molecular weight is 272 g/mol. The maximum absolute atomic E-state index is 11.9. The first-order valence-corrected chi connectivity index (χ1v) is 6.69. The Balaban J connectivity index is 2.20. The molecule has 0 fully saturated rings. The summed E-state index contributed by atoms with van der Waals surface area (Å²) in [6.45, 7) is 1.59. The Morgan fingerprint density at radius 3 is 3.05 bits per heavy atom. The predicted octanol–water partition coefficient (Wildman–Crippen LogP) is 3.99. The third-order valence-corrected chi connectivity index (χ3v) is 3.73. The second-order valence-corrected chi connectivity index (χ2v) is 5.27. The molecular formula is C16H14ClNO. The van der Waals surface area contributed by atoms with Crippen molar-refractivity contribution in [2.24, 2.45) is 0 Å². The fourth-order valence-electron chi connectivity index (χ4n) is 2.53. The van der Waals surface area contributed by atoms with Crippen LogP contribution in [0.3, 0.4) is 0 Å². The van der Waals surface area contributed by atoms with Gasteiger partial charge in [-0.1, -0.05) is 29.8 Å². The van der Waals surface area contributed by atoms with Crippen LogP contribution in [0.4, 0.5) is 5.69 Å². The van der Waals surface area contributed by atoms with Gasteiger partial charge in [0.25, 0.3) is 0 Å². The van der Waals surface area contributed by atoms with Gasteiger partial charge in [-0.25, -0.2) is 0 Å². The Bertz CT molecular complexity index is 640. The van der Waals surface area contributed by atoms with Crippen LogP contribution in [0.5, 0.6) is 0 Å². The molecule has 0 aromatic heterocycles. The Labute approximate surface area is 117 Å². The predicted molar refractivity (Wildman–Crippen MR) is 79.4 cm³/mol. The van der Waals surface area contributed by atoms with Crippen LogP contribution < -0.4 is 5.32 Å². The van der Waals surface area contributed by atoms with E-state index < -0.39 is 0 Å². The highest BCUT2D eigenvalue weighted by Crippen LogP contribution is 2.34. The van der Waals surface area contributed by atoms with E-state index in [-0.39, 0.29) is 11.8 Å². The van der Waals surface area contributed by atoms with E-state index in [0.717, 1.165) is 23.2 Å². The Morgan fingerprint density at radius 2 is 2.26 bits per heavy atom. The van der Waals surface area contributed by atoms with Crippen molar-refractivity contribution in [2.75, 3.05) is 5.32 Å². The van der Waals surface area contributed by atoms with Gasteiger partial charge in [-0.05, 0) is 43.2 Å². The molecule has 0 radical (unpaired) electrons. The van der Waals surface area contributed by atoms with E-state index in [0.29, 0.717) is 10.6 Å². The lowest BCUT2D eigenvalue weighted by atomic mass is 9.96. The smallest absolute Gasteiger partial charge is 0.160 e. The van der Waals surface area contributed by atoms with E-state index in [1.165, 1.54) is 0 Å². The summed E-state index contributed by atoms with van der Waals surface area (Å²) in [7, 11) is 0. The molecule has 3 heteroatoms. The minimum absolute atomic E-state index is 0.0569. The van der Waals surface area contributed by atoms with Gasteiger partial charge >= 0.3 is 0 Å². The molecule has 1 atom stereocenters. The van der Waals surface area contributed by atoms with Gasteiger partial charge in [-0.15, -0.1) is 0 Å². The van der Waals surface area contributed by atoms with Gasteiger partial charge in [0, 0.05) is 21.8 Å². The van der Waals surface area contributed by atoms with Crippen LogP contribution in [0.1, 0.15) is 18.9 Å². The molecule has 1 aromatic carbocycles. The van der Waals surface area contributed by atoms with Gasteiger partial charge in [-0.2, -0.15) is 0 Å². The molecule has 0 spiro atoms. The summed E-state index contributed by atoms with van der Waals surface area (Å²) in [6, 6.07) is 5.86. The molecule has 0 saturated carbocycles. The average Bonchev–Trinajstić information content (AvgIpc) is 2.55. The summed E-state index contributed by atoms with van der Waals surface area (Å²) >= 11 is 6.06. The number of benzene rings is 1. The highest BCUT2D eigenvalue weighted by atomic mass is 35.5. The fourth-order valence-corrected chi connectivity index (χ4v) is 2.70. The minimum atomic E-state index is 0.0569. The van der Waals surface area contributed by atoms with Crippen LogP contribution >= 0.6 is 11.6 Å². The van der Waals surface area contributed by atoms with Crippen LogP contribution in [-0.2, 0) is 4.79 Å². The largest absolute Gasteiger partial charge is 0.377 e. The summed E-state index contributed by atoms with van der Waals surface area (Å²) in [5.41, 5.74) is 3.71. The SMILES string of the molecule is CC(=O)C1=CC2=CC=CCC2Nc2ccc(Cl)cc21. The van der Waals surface area contributed by atoms with Crippen LogP contribution in [-0.4, -0.2) is 11.8 Å². The number of anilines is 1. The lowest BCUT2D eigenvalue weighted by Gasteiger charge is -2.20. The summed E-state index contributed by atoms with van der Waals surface area (Å²) in [5, 5.41) is 4.13. The normalized spacial score (nSPS) is 20.4. The molecule has 1 aliphatic carbocycles. The molecule has 19 heavy (non-hydrogen) atoms. The monoisotopic (exact) mass is 271 g/mol.